The van der Waals surface area contributed by atoms with Crippen molar-refractivity contribution < 1.29 is 19.4 Å². The summed E-state index contributed by atoms with van der Waals surface area (Å²) in [5.41, 5.74) is -0.880. The monoisotopic (exact) mass is 281 g/mol. The van der Waals surface area contributed by atoms with Gasteiger partial charge in [0.1, 0.15) is 11.5 Å². The maximum Gasteiger partial charge on any atom is 0.258 e. The molecule has 5 heteroatoms. The van der Waals surface area contributed by atoms with Gasteiger partial charge in [-0.15, -0.1) is 0 Å². The third kappa shape index (κ3) is 5.93. The van der Waals surface area contributed by atoms with Gasteiger partial charge in [-0.1, -0.05) is 6.92 Å². The number of carbonyl (C=O) groups is 1. The molecule has 5 nitrogen and oxygen atoms in total. The number of benzene rings is 1. The highest BCUT2D eigenvalue weighted by molar-refractivity contribution is 5.77. The Morgan fingerprint density at radius 3 is 2.25 bits per heavy atom. The molecule has 1 aromatic carbocycles. The van der Waals surface area contributed by atoms with E-state index in [0.29, 0.717) is 18.8 Å². The molecule has 0 spiro atoms. The van der Waals surface area contributed by atoms with Crippen LogP contribution in [0.1, 0.15) is 27.2 Å². The van der Waals surface area contributed by atoms with Gasteiger partial charge in [0.2, 0.25) is 0 Å². The predicted molar refractivity (Wildman–Crippen MR) is 77.0 cm³/mol. The maximum atomic E-state index is 11.6. The minimum Gasteiger partial charge on any atom is -0.494 e. The van der Waals surface area contributed by atoms with Crippen LogP contribution in [0, 0.1) is 0 Å². The second kappa shape index (κ2) is 7.75. The molecular formula is C15H23NO4. The molecule has 0 aromatic heterocycles. The largest absolute Gasteiger partial charge is 0.494 e. The first-order valence-electron chi connectivity index (χ1n) is 6.81. The molecular weight excluding hydrogens is 258 g/mol. The molecule has 1 rings (SSSR count). The number of ether oxygens (including phenoxy) is 2. The first-order valence-corrected chi connectivity index (χ1v) is 6.81. The third-order valence-electron chi connectivity index (χ3n) is 2.93. The van der Waals surface area contributed by atoms with E-state index in [2.05, 4.69) is 5.32 Å². The average molecular weight is 281 g/mol. The molecule has 0 fully saturated rings. The van der Waals surface area contributed by atoms with E-state index in [-0.39, 0.29) is 19.1 Å². The van der Waals surface area contributed by atoms with Crippen LogP contribution >= 0.6 is 0 Å². The van der Waals surface area contributed by atoms with Crippen molar-refractivity contribution >= 4 is 5.91 Å². The number of rotatable bonds is 8. The Kier molecular flexibility index (Phi) is 6.31. The molecule has 20 heavy (non-hydrogen) atoms. The summed E-state index contributed by atoms with van der Waals surface area (Å²) >= 11 is 0. The van der Waals surface area contributed by atoms with Gasteiger partial charge in [-0.05, 0) is 44.5 Å². The Labute approximate surface area is 119 Å². The standard InChI is InChI=1S/C15H23NO4/c1-4-15(3,18)11-16-14(17)10-20-13-8-6-12(7-9-13)19-5-2/h6-9,18H,4-5,10-11H2,1-3H3,(H,16,17). The van der Waals surface area contributed by atoms with E-state index in [9.17, 15) is 9.90 Å². The van der Waals surface area contributed by atoms with Crippen LogP contribution in [0.2, 0.25) is 0 Å². The van der Waals surface area contributed by atoms with Gasteiger partial charge in [0.15, 0.2) is 6.61 Å². The van der Waals surface area contributed by atoms with Crippen LogP contribution < -0.4 is 14.8 Å². The highest BCUT2D eigenvalue weighted by Crippen LogP contribution is 2.17. The lowest BCUT2D eigenvalue weighted by molar-refractivity contribution is -0.124. The van der Waals surface area contributed by atoms with Gasteiger partial charge in [-0.2, -0.15) is 0 Å². The van der Waals surface area contributed by atoms with Crippen LogP contribution in [0.25, 0.3) is 0 Å². The van der Waals surface area contributed by atoms with Crippen molar-refractivity contribution in [3.63, 3.8) is 0 Å². The fraction of sp³-hybridized carbons (Fsp3) is 0.533. The van der Waals surface area contributed by atoms with Crippen molar-refractivity contribution in [3.8, 4) is 11.5 Å². The van der Waals surface area contributed by atoms with Crippen molar-refractivity contribution in [2.75, 3.05) is 19.8 Å². The Morgan fingerprint density at radius 1 is 1.20 bits per heavy atom. The first kappa shape index (κ1) is 16.3. The number of aliphatic hydroxyl groups is 1. The van der Waals surface area contributed by atoms with E-state index < -0.39 is 5.60 Å². The van der Waals surface area contributed by atoms with Crippen LogP contribution in [0.4, 0.5) is 0 Å². The van der Waals surface area contributed by atoms with Crippen molar-refractivity contribution in [1.29, 1.82) is 0 Å². The third-order valence-corrected chi connectivity index (χ3v) is 2.93. The number of carbonyl (C=O) groups excluding carboxylic acids is 1. The topological polar surface area (TPSA) is 67.8 Å². The Hall–Kier alpha value is -1.75. The van der Waals surface area contributed by atoms with Crippen LogP contribution in [-0.2, 0) is 4.79 Å². The summed E-state index contributed by atoms with van der Waals surface area (Å²) in [6.07, 6.45) is 0.576. The second-order valence-corrected chi connectivity index (χ2v) is 4.82. The van der Waals surface area contributed by atoms with Gasteiger partial charge >= 0.3 is 0 Å². The van der Waals surface area contributed by atoms with E-state index in [1.165, 1.54) is 0 Å². The normalized spacial score (nSPS) is 13.4. The number of hydrogen-bond donors (Lipinski definition) is 2. The van der Waals surface area contributed by atoms with Crippen LogP contribution in [-0.4, -0.2) is 36.4 Å². The highest BCUT2D eigenvalue weighted by atomic mass is 16.5. The predicted octanol–water partition coefficient (Wildman–Crippen LogP) is 1.74. The molecule has 0 heterocycles. The highest BCUT2D eigenvalue weighted by Gasteiger charge is 2.18. The zero-order valence-electron chi connectivity index (χ0n) is 12.3. The van der Waals surface area contributed by atoms with Crippen LogP contribution in [0.15, 0.2) is 24.3 Å². The molecule has 1 atom stereocenters. The minimum absolute atomic E-state index is 0.0756. The molecule has 1 amide bonds. The van der Waals surface area contributed by atoms with Gasteiger partial charge in [-0.3, -0.25) is 4.79 Å². The van der Waals surface area contributed by atoms with E-state index in [0.717, 1.165) is 5.75 Å². The van der Waals surface area contributed by atoms with Gasteiger partial charge in [0, 0.05) is 6.54 Å². The molecule has 2 N–H and O–H groups in total. The molecule has 0 radical (unpaired) electrons. The lowest BCUT2D eigenvalue weighted by atomic mass is 10.0. The van der Waals surface area contributed by atoms with Gasteiger partial charge in [-0.25, -0.2) is 0 Å². The van der Waals surface area contributed by atoms with Gasteiger partial charge < -0.3 is 19.9 Å². The Bertz CT molecular complexity index is 414. The zero-order valence-corrected chi connectivity index (χ0v) is 12.3. The molecule has 0 bridgehead atoms. The SMILES string of the molecule is CCOc1ccc(OCC(=O)NCC(C)(O)CC)cc1. The van der Waals surface area contributed by atoms with E-state index in [1.54, 1.807) is 31.2 Å². The first-order chi connectivity index (χ1) is 9.46. The summed E-state index contributed by atoms with van der Waals surface area (Å²) in [6, 6.07) is 7.08. The van der Waals surface area contributed by atoms with E-state index in [1.807, 2.05) is 13.8 Å². The lowest BCUT2D eigenvalue weighted by Gasteiger charge is -2.21. The second-order valence-electron chi connectivity index (χ2n) is 4.82. The smallest absolute Gasteiger partial charge is 0.258 e. The van der Waals surface area contributed by atoms with E-state index >= 15 is 0 Å². The molecule has 112 valence electrons. The summed E-state index contributed by atoms with van der Waals surface area (Å²) < 4.78 is 10.7. The van der Waals surface area contributed by atoms with Crippen LogP contribution in [0.3, 0.4) is 0 Å². The molecule has 0 saturated heterocycles. The van der Waals surface area contributed by atoms with E-state index in [4.69, 9.17) is 9.47 Å². The van der Waals surface area contributed by atoms with Crippen molar-refractivity contribution in [2.24, 2.45) is 0 Å². The summed E-state index contributed by atoms with van der Waals surface area (Å²) in [6.45, 7) is 6.21. The average Bonchev–Trinajstić information content (AvgIpc) is 2.45. The van der Waals surface area contributed by atoms with Gasteiger partial charge in [0.05, 0.1) is 12.2 Å². The molecule has 0 aliphatic rings. The molecule has 0 aliphatic heterocycles. The lowest BCUT2D eigenvalue weighted by Crippen LogP contribution is -2.41. The van der Waals surface area contributed by atoms with Crippen molar-refractivity contribution in [3.05, 3.63) is 24.3 Å². The fourth-order valence-corrected chi connectivity index (χ4v) is 1.41. The van der Waals surface area contributed by atoms with Crippen molar-refractivity contribution in [2.45, 2.75) is 32.8 Å². The van der Waals surface area contributed by atoms with Crippen molar-refractivity contribution in [1.82, 2.24) is 5.32 Å². The fourth-order valence-electron chi connectivity index (χ4n) is 1.41. The molecule has 1 unspecified atom stereocenters. The summed E-state index contributed by atoms with van der Waals surface area (Å²) in [5, 5.41) is 12.4. The number of hydrogen-bond acceptors (Lipinski definition) is 4. The summed E-state index contributed by atoms with van der Waals surface area (Å²) in [4.78, 5) is 11.6. The molecule has 0 aliphatic carbocycles. The Morgan fingerprint density at radius 2 is 1.75 bits per heavy atom. The number of nitrogens with one attached hydrogen (secondary N) is 1. The zero-order chi connectivity index (χ0) is 15.0. The molecule has 1 aromatic rings. The Balaban J connectivity index is 2.33. The van der Waals surface area contributed by atoms with Crippen LogP contribution in [0.5, 0.6) is 11.5 Å². The quantitative estimate of drug-likeness (QED) is 0.761. The molecule has 0 saturated carbocycles. The van der Waals surface area contributed by atoms with Gasteiger partial charge in [0.25, 0.3) is 5.91 Å². The maximum absolute atomic E-state index is 11.6. The summed E-state index contributed by atoms with van der Waals surface area (Å²) in [7, 11) is 0. The number of amides is 1. The minimum atomic E-state index is -0.880. The summed E-state index contributed by atoms with van der Waals surface area (Å²) in [5.74, 6) is 1.11.